The van der Waals surface area contributed by atoms with Crippen LogP contribution in [0.1, 0.15) is 38.3 Å². The lowest BCUT2D eigenvalue weighted by Crippen LogP contribution is -2.59. The van der Waals surface area contributed by atoms with Crippen LogP contribution < -0.4 is 16.1 Å². The maximum Gasteiger partial charge on any atom is 0.422 e. The maximum atomic E-state index is 13.8. The van der Waals surface area contributed by atoms with Crippen LogP contribution in [-0.4, -0.2) is 90.6 Å². The van der Waals surface area contributed by atoms with Crippen LogP contribution in [0.5, 0.6) is 0 Å². The summed E-state index contributed by atoms with van der Waals surface area (Å²) >= 11 is 0. The number of pyridine rings is 1. The summed E-state index contributed by atoms with van der Waals surface area (Å²) in [6.45, 7) is 6.44. The number of nitrogens with one attached hydrogen (secondary N) is 3. The Kier molecular flexibility index (Phi) is 12.4. The smallest absolute Gasteiger partial charge is 0.422 e. The average Bonchev–Trinajstić information content (AvgIpc) is 3.72. The van der Waals surface area contributed by atoms with Crippen molar-refractivity contribution in [2.45, 2.75) is 70.7 Å². The summed E-state index contributed by atoms with van der Waals surface area (Å²) in [6, 6.07) is 19.3. The van der Waals surface area contributed by atoms with Crippen LogP contribution in [0.3, 0.4) is 0 Å². The second-order valence-corrected chi connectivity index (χ2v) is 13.7. The first-order valence-electron chi connectivity index (χ1n) is 16.8. The molecule has 2 aromatic carbocycles. The van der Waals surface area contributed by atoms with Crippen molar-refractivity contribution in [3.05, 3.63) is 90.3 Å². The molecule has 2 saturated heterocycles. The first kappa shape index (κ1) is 36.7. The zero-order valence-electron chi connectivity index (χ0n) is 28.9. The van der Waals surface area contributed by atoms with Crippen molar-refractivity contribution in [2.75, 3.05) is 26.9 Å². The van der Waals surface area contributed by atoms with Gasteiger partial charge in [-0.3, -0.25) is 15.2 Å². The van der Waals surface area contributed by atoms with Gasteiger partial charge in [-0.25, -0.2) is 14.6 Å². The normalized spacial score (nSPS) is 20.3. The molecule has 0 unspecified atom stereocenters. The number of benzene rings is 2. The summed E-state index contributed by atoms with van der Waals surface area (Å²) in [4.78, 5) is 43.4. The highest BCUT2D eigenvalue weighted by Crippen LogP contribution is 2.33. The van der Waals surface area contributed by atoms with Gasteiger partial charge in [-0.15, -0.1) is 0 Å². The fraction of sp³-hybridized carbons (Fsp3) is 0.459. The number of hydrazine groups is 1. The number of methoxy groups -OCH3 is 1. The molecular weight excluding hydrogens is 642 g/mol. The Morgan fingerprint density at radius 2 is 1.72 bits per heavy atom. The molecule has 0 spiro atoms. The molecule has 5 rings (SSSR count). The second-order valence-electron chi connectivity index (χ2n) is 13.7. The van der Waals surface area contributed by atoms with Crippen LogP contribution >= 0.6 is 0 Å². The van der Waals surface area contributed by atoms with E-state index >= 15 is 0 Å². The number of carbonyl (C=O) groups is 3. The number of amides is 3. The summed E-state index contributed by atoms with van der Waals surface area (Å²) in [5, 5.41) is 19.0. The van der Waals surface area contributed by atoms with Gasteiger partial charge in [0.1, 0.15) is 12.1 Å². The molecule has 4 N–H and O–H groups in total. The van der Waals surface area contributed by atoms with Gasteiger partial charge in [0.15, 0.2) is 6.29 Å². The van der Waals surface area contributed by atoms with E-state index in [9.17, 15) is 19.5 Å². The van der Waals surface area contributed by atoms with Crippen molar-refractivity contribution >= 4 is 18.1 Å². The summed E-state index contributed by atoms with van der Waals surface area (Å²) in [7, 11) is 1.23. The third-order valence-corrected chi connectivity index (χ3v) is 8.89. The summed E-state index contributed by atoms with van der Waals surface area (Å²) in [5.74, 6) is -0.525. The number of hydrogen-bond acceptors (Lipinski definition) is 10. The molecule has 3 heterocycles. The van der Waals surface area contributed by atoms with Crippen molar-refractivity contribution in [1.82, 2.24) is 26.1 Å². The molecule has 3 amide bonds. The number of fused-ring (bicyclic) bond motifs is 1. The summed E-state index contributed by atoms with van der Waals surface area (Å²) < 4.78 is 21.7. The van der Waals surface area contributed by atoms with E-state index in [4.69, 9.17) is 18.9 Å². The maximum absolute atomic E-state index is 13.8. The van der Waals surface area contributed by atoms with E-state index in [1.807, 2.05) is 87.5 Å². The van der Waals surface area contributed by atoms with E-state index in [2.05, 4.69) is 21.0 Å². The molecule has 50 heavy (non-hydrogen) atoms. The van der Waals surface area contributed by atoms with Crippen LogP contribution in [-0.2, 0) is 36.7 Å². The van der Waals surface area contributed by atoms with E-state index in [-0.39, 0.29) is 38.3 Å². The third kappa shape index (κ3) is 10.0. The van der Waals surface area contributed by atoms with E-state index in [0.29, 0.717) is 6.61 Å². The highest BCUT2D eigenvalue weighted by molar-refractivity contribution is 5.86. The number of nitrogens with zero attached hydrogens (tertiary/aromatic N) is 2. The van der Waals surface area contributed by atoms with Gasteiger partial charge in [-0.2, -0.15) is 0 Å². The van der Waals surface area contributed by atoms with Gasteiger partial charge in [-0.1, -0.05) is 81.4 Å². The van der Waals surface area contributed by atoms with Crippen molar-refractivity contribution < 1.29 is 38.4 Å². The molecule has 268 valence electrons. The molecule has 6 atom stereocenters. The van der Waals surface area contributed by atoms with Crippen LogP contribution in [0.25, 0.3) is 11.1 Å². The lowest BCUT2D eigenvalue weighted by Gasteiger charge is -2.34. The number of hydrogen-bond donors (Lipinski definition) is 4. The van der Waals surface area contributed by atoms with Gasteiger partial charge < -0.3 is 34.7 Å². The molecule has 0 aliphatic carbocycles. The lowest BCUT2D eigenvalue weighted by molar-refractivity contribution is -0.127. The van der Waals surface area contributed by atoms with Gasteiger partial charge in [0.25, 0.3) is 0 Å². The molecular formula is C37H47N5O8. The minimum absolute atomic E-state index is 0.0348. The topological polar surface area (TPSA) is 161 Å². The van der Waals surface area contributed by atoms with Crippen LogP contribution in [0.4, 0.5) is 9.59 Å². The highest BCUT2D eigenvalue weighted by atomic mass is 16.7. The Labute approximate surface area is 292 Å². The predicted molar refractivity (Wildman–Crippen MR) is 184 cm³/mol. The van der Waals surface area contributed by atoms with Gasteiger partial charge in [0.05, 0.1) is 38.4 Å². The number of rotatable bonds is 13. The highest BCUT2D eigenvalue weighted by Gasteiger charge is 2.44. The summed E-state index contributed by atoms with van der Waals surface area (Å²) in [6.07, 6.45) is 1.04. The van der Waals surface area contributed by atoms with Gasteiger partial charge in [0.2, 0.25) is 5.91 Å². The molecule has 0 radical (unpaired) electrons. The molecule has 13 nitrogen and oxygen atoms in total. The first-order valence-corrected chi connectivity index (χ1v) is 16.8. The van der Waals surface area contributed by atoms with Crippen molar-refractivity contribution in [3.8, 4) is 11.1 Å². The number of aliphatic hydroxyl groups is 1. The number of ether oxygens (including phenoxy) is 4. The molecule has 2 aliphatic rings. The van der Waals surface area contributed by atoms with Gasteiger partial charge >= 0.3 is 12.2 Å². The number of carbonyl (C=O) groups excluding carboxylic acids is 3. The monoisotopic (exact) mass is 689 g/mol. The van der Waals surface area contributed by atoms with Gasteiger partial charge in [-0.05, 0) is 46.6 Å². The number of aromatic nitrogens is 1. The minimum Gasteiger partial charge on any atom is -0.453 e. The van der Waals surface area contributed by atoms with Crippen LogP contribution in [0, 0.1) is 11.3 Å². The predicted octanol–water partition coefficient (Wildman–Crippen LogP) is 3.81. The van der Waals surface area contributed by atoms with E-state index in [0.717, 1.165) is 28.7 Å². The second kappa shape index (κ2) is 16.9. The van der Waals surface area contributed by atoms with Crippen molar-refractivity contribution in [2.24, 2.45) is 11.3 Å². The molecule has 0 bridgehead atoms. The molecule has 0 saturated carbocycles. The Bertz CT molecular complexity index is 1550. The number of alkyl carbamates (subject to hydrolysis) is 1. The molecule has 13 heteroatoms. The lowest BCUT2D eigenvalue weighted by atomic mass is 9.85. The molecule has 2 fully saturated rings. The fourth-order valence-corrected chi connectivity index (χ4v) is 6.17. The van der Waals surface area contributed by atoms with Crippen LogP contribution in [0.15, 0.2) is 79.1 Å². The van der Waals surface area contributed by atoms with Crippen LogP contribution in [0.2, 0.25) is 0 Å². The minimum atomic E-state index is -1.18. The van der Waals surface area contributed by atoms with E-state index < -0.39 is 47.8 Å². The largest absolute Gasteiger partial charge is 0.453 e. The first-order chi connectivity index (χ1) is 24.0. The Balaban J connectivity index is 1.35. The third-order valence-electron chi connectivity index (χ3n) is 8.89. The van der Waals surface area contributed by atoms with Crippen molar-refractivity contribution in [3.63, 3.8) is 0 Å². The standard InChI is InChI=1S/C37H47N5O8/c1-37(2,3)32(40-35(45)47-4)33(44)39-29(19-24-12-14-26(15-13-24)27-11-8-17-38-20-27)30(43)22-42(21-25-9-6-5-7-10-25)41-36(46)50-31-23-49-34-28(31)16-18-48-34/h5-15,17,20,28-32,34,43H,16,18-19,21-23H2,1-4H3,(H,39,44)(H,40,45)(H,41,46)/t28-,29-,30-,31-,32+,34+/m0/s1. The fourth-order valence-electron chi connectivity index (χ4n) is 6.17. The zero-order chi connectivity index (χ0) is 35.7. The Morgan fingerprint density at radius 3 is 2.40 bits per heavy atom. The Hall–Kier alpha value is -4.56. The van der Waals surface area contributed by atoms with E-state index in [1.165, 1.54) is 7.11 Å². The Morgan fingerprint density at radius 1 is 0.960 bits per heavy atom. The van der Waals surface area contributed by atoms with Crippen molar-refractivity contribution in [1.29, 1.82) is 0 Å². The molecule has 1 aromatic heterocycles. The average molecular weight is 690 g/mol. The van der Waals surface area contributed by atoms with E-state index in [1.54, 1.807) is 17.4 Å². The molecule has 3 aromatic rings. The van der Waals surface area contributed by atoms with Gasteiger partial charge in [0, 0.05) is 25.5 Å². The molecule has 2 aliphatic heterocycles. The summed E-state index contributed by atoms with van der Waals surface area (Å²) in [5.41, 5.74) is 5.79. The zero-order valence-corrected chi connectivity index (χ0v) is 28.9. The SMILES string of the molecule is COC(=O)N[C@H](C(=O)N[C@@H](Cc1ccc(-c2cccnc2)cc1)[C@@H](O)CN(Cc1ccccc1)NC(=O)O[C@H]1CO[C@H]2OCC[C@H]21)C(C)(C)C. The quantitative estimate of drug-likeness (QED) is 0.194. The number of aliphatic hydroxyl groups excluding tert-OH is 1.